The van der Waals surface area contributed by atoms with Gasteiger partial charge in [0.05, 0.1) is 35.8 Å². The fourth-order valence-electron chi connectivity index (χ4n) is 12.5. The number of carbonyl (C=O) groups excluding carboxylic acids is 1. The van der Waals surface area contributed by atoms with Crippen LogP contribution < -0.4 is 19.1 Å². The van der Waals surface area contributed by atoms with E-state index < -0.39 is 55.0 Å². The molecule has 1 unspecified atom stereocenters. The molecule has 17 heteroatoms. The highest BCUT2D eigenvalue weighted by Gasteiger charge is 2.58. The van der Waals surface area contributed by atoms with Crippen LogP contribution in [0, 0.1) is 23.1 Å². The van der Waals surface area contributed by atoms with Crippen molar-refractivity contribution in [1.29, 1.82) is 0 Å². The van der Waals surface area contributed by atoms with Crippen LogP contribution in [-0.2, 0) is 9.47 Å². The Hall–Kier alpha value is -4.92. The van der Waals surface area contributed by atoms with Gasteiger partial charge in [0.1, 0.15) is 60.4 Å². The van der Waals surface area contributed by atoms with Gasteiger partial charge >= 0.3 is 12.1 Å². The first-order valence-electron chi connectivity index (χ1n) is 24.1. The maximum atomic E-state index is 18.2. The van der Waals surface area contributed by atoms with E-state index in [0.717, 1.165) is 6.42 Å². The molecule has 4 saturated heterocycles. The number of methoxy groups -OCH3 is 1. The Morgan fingerprint density at radius 3 is 2.43 bits per heavy atom. The van der Waals surface area contributed by atoms with Crippen molar-refractivity contribution in [1.82, 2.24) is 24.8 Å². The molecule has 2 aromatic heterocycles. The number of nitrogens with zero attached hydrogens (tertiary/aromatic N) is 6. The Labute approximate surface area is 397 Å². The lowest BCUT2D eigenvalue weighted by Crippen LogP contribution is -2.65. The van der Waals surface area contributed by atoms with Crippen molar-refractivity contribution in [3.63, 3.8) is 0 Å². The lowest BCUT2D eigenvalue weighted by Gasteiger charge is -2.48. The van der Waals surface area contributed by atoms with Crippen molar-refractivity contribution < 1.29 is 46.0 Å². The first-order valence-corrected chi connectivity index (χ1v) is 26.3. The molecule has 4 aromatic rings. The van der Waals surface area contributed by atoms with Gasteiger partial charge in [0.25, 0.3) is 5.92 Å². The average molecular weight is 961 g/mol. The smallest absolute Gasteiger partial charge is 0.410 e. The van der Waals surface area contributed by atoms with Gasteiger partial charge < -0.3 is 28.6 Å². The summed E-state index contributed by atoms with van der Waals surface area (Å²) in [6, 6.07) is 4.97. The van der Waals surface area contributed by atoms with Gasteiger partial charge in [0.2, 0.25) is 5.88 Å². The summed E-state index contributed by atoms with van der Waals surface area (Å²) in [5.74, 6) is -0.355. The molecule has 0 saturated carbocycles. The van der Waals surface area contributed by atoms with Gasteiger partial charge in [-0.1, -0.05) is 53.5 Å². The van der Waals surface area contributed by atoms with Crippen LogP contribution in [0.15, 0.2) is 24.3 Å². The third kappa shape index (κ3) is 8.19. The number of pyridine rings is 1. The number of rotatable bonds is 10. The van der Waals surface area contributed by atoms with Crippen LogP contribution in [0.5, 0.6) is 17.6 Å². The van der Waals surface area contributed by atoms with E-state index in [4.69, 9.17) is 38.6 Å². The highest BCUT2D eigenvalue weighted by Crippen LogP contribution is 2.50. The van der Waals surface area contributed by atoms with Gasteiger partial charge in [-0.3, -0.25) is 9.80 Å². The number of anilines is 1. The van der Waals surface area contributed by atoms with E-state index in [1.165, 1.54) is 13.2 Å². The maximum Gasteiger partial charge on any atom is 0.410 e. The average Bonchev–Trinajstić information content (AvgIpc) is 3.84. The zero-order valence-electron chi connectivity index (χ0n) is 41.1. The second kappa shape index (κ2) is 17.5. The second-order valence-corrected chi connectivity index (χ2v) is 27.1. The van der Waals surface area contributed by atoms with Gasteiger partial charge in [0, 0.05) is 31.0 Å². The van der Waals surface area contributed by atoms with Crippen LogP contribution in [0.4, 0.5) is 28.2 Å². The molecule has 0 spiro atoms. The first-order chi connectivity index (χ1) is 32.1. The number of ether oxygens (including phenoxy) is 5. The predicted molar refractivity (Wildman–Crippen MR) is 255 cm³/mol. The highest BCUT2D eigenvalue weighted by atomic mass is 28.3. The monoisotopic (exact) mass is 960 g/mol. The molecule has 366 valence electrons. The summed E-state index contributed by atoms with van der Waals surface area (Å²) in [6.45, 7) is 20.7. The zero-order chi connectivity index (χ0) is 48.8. The minimum Gasteiger partial charge on any atom is -0.472 e. The minimum atomic E-state index is -2.89. The van der Waals surface area contributed by atoms with E-state index in [-0.39, 0.29) is 94.7 Å². The SMILES string of the molecule is COCOc1cc(-c2nc3c4c(nc(OCC56CCCN5CC(F)(F)C6)nc4c2F)N2C[C@H]4CC[C@@H]([C@H]2[C@H](C)O3)N4C(=O)OC(C)(C)C)c2c(C#C[Si](C(C)C)(C(C)C)C(C)C)c(F)ccc2c1. The Morgan fingerprint density at radius 2 is 1.74 bits per heavy atom. The van der Waals surface area contributed by atoms with E-state index in [9.17, 15) is 13.6 Å². The van der Waals surface area contributed by atoms with Crippen molar-refractivity contribution in [3.05, 3.63) is 41.5 Å². The molecule has 2 aromatic carbocycles. The molecule has 68 heavy (non-hydrogen) atoms. The van der Waals surface area contributed by atoms with E-state index in [1.54, 1.807) is 28.0 Å². The van der Waals surface area contributed by atoms with Crippen LogP contribution in [0.25, 0.3) is 32.9 Å². The van der Waals surface area contributed by atoms with Crippen LogP contribution in [0.2, 0.25) is 16.6 Å². The zero-order valence-corrected chi connectivity index (χ0v) is 42.1. The Balaban J connectivity index is 1.26. The van der Waals surface area contributed by atoms with Crippen molar-refractivity contribution in [2.24, 2.45) is 0 Å². The third-order valence-electron chi connectivity index (χ3n) is 15.2. The number of aromatic nitrogens is 3. The van der Waals surface area contributed by atoms with E-state index in [0.29, 0.717) is 54.7 Å². The number of fused-ring (bicyclic) bond motifs is 7. The molecule has 12 nitrogen and oxygen atoms in total. The fraction of sp³-hybridized carbons (Fsp3) is 0.608. The van der Waals surface area contributed by atoms with Crippen molar-refractivity contribution in [3.8, 4) is 40.4 Å². The maximum absolute atomic E-state index is 18.2. The molecular formula is C51H64F4N6O6Si. The van der Waals surface area contributed by atoms with Crippen molar-refractivity contribution in [2.75, 3.05) is 45.0 Å². The molecule has 5 aliphatic heterocycles. The third-order valence-corrected chi connectivity index (χ3v) is 21.5. The quantitative estimate of drug-likeness (QED) is 0.0655. The number of hydrogen-bond acceptors (Lipinski definition) is 11. The lowest BCUT2D eigenvalue weighted by molar-refractivity contribution is 0.000862. The van der Waals surface area contributed by atoms with E-state index in [1.807, 2.05) is 32.6 Å². The highest BCUT2D eigenvalue weighted by molar-refractivity contribution is 6.90. The first kappa shape index (κ1) is 48.1. The number of hydrogen-bond donors (Lipinski definition) is 0. The second-order valence-electron chi connectivity index (χ2n) is 21.5. The standard InChI is InChI=1S/C51H64F4N6O6Si/c1-28(2)68(29(3)4,30(5)6)20-17-35-37(52)15-13-32-21-34(65-27-63-11)22-36(39(32)35)42-41(53)43-40-45(58-47(57-43)64-26-50-18-12-19-59(50)25-51(54,55)24-50)60-23-33-14-16-38(44(60)31(7)66-46(40)56-42)61(33)48(62)67-49(8,9)10/h13,15,21-22,28-31,33,38,44H,12,14,16,18-19,23-27H2,1-11H3/t31-,33+,38-,44+,50?/m0/s1. The molecule has 5 aliphatic rings. The van der Waals surface area contributed by atoms with Crippen molar-refractivity contribution in [2.45, 2.75) is 159 Å². The summed E-state index contributed by atoms with van der Waals surface area (Å²) in [5, 5.41) is 1.05. The number of carbonyl (C=O) groups is 1. The van der Waals surface area contributed by atoms with Crippen molar-refractivity contribution >= 4 is 41.7 Å². The molecule has 9 rings (SSSR count). The topological polar surface area (TPSA) is 112 Å². The molecule has 5 atom stereocenters. The molecule has 7 heterocycles. The lowest BCUT2D eigenvalue weighted by atomic mass is 9.94. The number of halogens is 4. The Morgan fingerprint density at radius 1 is 1.00 bits per heavy atom. The fourth-order valence-corrected chi connectivity index (χ4v) is 17.7. The van der Waals surface area contributed by atoms with Gasteiger partial charge in [-0.15, -0.1) is 5.54 Å². The summed E-state index contributed by atoms with van der Waals surface area (Å²) in [4.78, 5) is 34.2. The summed E-state index contributed by atoms with van der Waals surface area (Å²) < 4.78 is 95.2. The van der Waals surface area contributed by atoms with Crippen LogP contribution in [-0.4, -0.2) is 120 Å². The molecule has 2 bridgehead atoms. The summed E-state index contributed by atoms with van der Waals surface area (Å²) >= 11 is 0. The minimum absolute atomic E-state index is 0.0294. The Bertz CT molecular complexity index is 2680. The molecule has 0 aliphatic carbocycles. The largest absolute Gasteiger partial charge is 0.472 e. The van der Waals surface area contributed by atoms with Crippen LogP contribution >= 0.6 is 0 Å². The number of amides is 1. The molecule has 1 amide bonds. The number of piperazine rings is 1. The number of alkyl halides is 2. The Kier molecular flexibility index (Phi) is 12.4. The molecular weight excluding hydrogens is 897 g/mol. The predicted octanol–water partition coefficient (Wildman–Crippen LogP) is 10.7. The number of benzene rings is 2. The summed E-state index contributed by atoms with van der Waals surface area (Å²) in [5.41, 5.74) is 2.68. The molecule has 4 fully saturated rings. The van der Waals surface area contributed by atoms with Crippen LogP contribution in [0.1, 0.15) is 107 Å². The van der Waals surface area contributed by atoms with E-state index in [2.05, 4.69) is 53.0 Å². The van der Waals surface area contributed by atoms with Gasteiger partial charge in [-0.25, -0.2) is 27.3 Å². The summed E-state index contributed by atoms with van der Waals surface area (Å²) in [7, 11) is -0.910. The molecule has 0 radical (unpaired) electrons. The summed E-state index contributed by atoms with van der Waals surface area (Å²) in [6.07, 6.45) is 1.14. The molecule has 0 N–H and O–H groups in total. The normalized spacial score (nSPS) is 24.3. The van der Waals surface area contributed by atoms with Gasteiger partial charge in [-0.2, -0.15) is 9.97 Å². The van der Waals surface area contributed by atoms with Crippen LogP contribution in [0.3, 0.4) is 0 Å². The van der Waals surface area contributed by atoms with Gasteiger partial charge in [0.15, 0.2) is 12.6 Å². The van der Waals surface area contributed by atoms with E-state index >= 15 is 8.78 Å². The van der Waals surface area contributed by atoms with Gasteiger partial charge in [-0.05, 0) is 100 Å².